The van der Waals surface area contributed by atoms with Gasteiger partial charge in [0.25, 0.3) is 0 Å². The normalized spacial score (nSPS) is 11.3. The van der Waals surface area contributed by atoms with E-state index in [1.807, 2.05) is 30.5 Å². The van der Waals surface area contributed by atoms with Crippen molar-refractivity contribution in [2.24, 2.45) is 0 Å². The zero-order valence-electron chi connectivity index (χ0n) is 12.3. The van der Waals surface area contributed by atoms with Crippen LogP contribution in [0, 0.1) is 11.3 Å². The standard InChI is InChI=1S/C16H14ClN3O2S/c1-10(7-13-3-2-6-23-13)19-15(21)16(22)20-14-8-12(17)5-4-11(14)9-18/h2-6,8,10H,7H2,1H3,(H,19,21)(H,20,22)/t10-/m1/s1. The van der Waals surface area contributed by atoms with E-state index in [1.165, 1.54) is 12.1 Å². The van der Waals surface area contributed by atoms with E-state index in [0.29, 0.717) is 11.4 Å². The van der Waals surface area contributed by atoms with Gasteiger partial charge in [0.1, 0.15) is 6.07 Å². The quantitative estimate of drug-likeness (QED) is 0.834. The van der Waals surface area contributed by atoms with Crippen LogP contribution >= 0.6 is 22.9 Å². The first-order valence-electron chi connectivity index (χ1n) is 6.83. The lowest BCUT2D eigenvalue weighted by atomic mass is 10.2. The average Bonchev–Trinajstić information content (AvgIpc) is 3.00. The van der Waals surface area contributed by atoms with E-state index in [0.717, 1.165) is 4.88 Å². The zero-order chi connectivity index (χ0) is 16.8. The number of halogens is 1. The monoisotopic (exact) mass is 347 g/mol. The number of hydrogen-bond donors (Lipinski definition) is 2. The Morgan fingerprint density at radius 2 is 2.13 bits per heavy atom. The van der Waals surface area contributed by atoms with Gasteiger partial charge in [-0.3, -0.25) is 9.59 Å². The number of anilines is 1. The summed E-state index contributed by atoms with van der Waals surface area (Å²) in [5.74, 6) is -1.58. The van der Waals surface area contributed by atoms with Gasteiger partial charge in [0, 0.05) is 22.4 Å². The number of amides is 2. The Hall–Kier alpha value is -2.36. The summed E-state index contributed by atoms with van der Waals surface area (Å²) in [5, 5.41) is 16.4. The van der Waals surface area contributed by atoms with Crippen LogP contribution in [0.3, 0.4) is 0 Å². The van der Waals surface area contributed by atoms with Crippen LogP contribution in [0.4, 0.5) is 5.69 Å². The predicted octanol–water partition coefficient (Wildman–Crippen LogP) is 2.96. The molecule has 2 rings (SSSR count). The summed E-state index contributed by atoms with van der Waals surface area (Å²) in [6.07, 6.45) is 0.650. The maximum atomic E-state index is 12.0. The number of nitriles is 1. The molecule has 0 unspecified atom stereocenters. The Labute approximate surface area is 142 Å². The van der Waals surface area contributed by atoms with Gasteiger partial charge in [0.15, 0.2) is 0 Å². The van der Waals surface area contributed by atoms with E-state index in [1.54, 1.807) is 17.4 Å². The second-order valence-electron chi connectivity index (χ2n) is 4.91. The Bertz CT molecular complexity index is 753. The minimum Gasteiger partial charge on any atom is -0.345 e. The third-order valence-electron chi connectivity index (χ3n) is 3.02. The molecule has 118 valence electrons. The highest BCUT2D eigenvalue weighted by atomic mass is 35.5. The molecule has 0 aliphatic heterocycles. The van der Waals surface area contributed by atoms with E-state index in [-0.39, 0.29) is 17.3 Å². The van der Waals surface area contributed by atoms with E-state index >= 15 is 0 Å². The molecule has 0 saturated heterocycles. The summed E-state index contributed by atoms with van der Waals surface area (Å²) in [7, 11) is 0. The summed E-state index contributed by atoms with van der Waals surface area (Å²) in [5.41, 5.74) is 0.452. The third-order valence-corrected chi connectivity index (χ3v) is 4.16. The van der Waals surface area contributed by atoms with Crippen molar-refractivity contribution in [3.8, 4) is 6.07 Å². The van der Waals surface area contributed by atoms with Crippen LogP contribution < -0.4 is 10.6 Å². The summed E-state index contributed by atoms with van der Waals surface area (Å²) in [6, 6.07) is 10.1. The Morgan fingerprint density at radius 1 is 1.35 bits per heavy atom. The first-order chi connectivity index (χ1) is 11.0. The fourth-order valence-electron chi connectivity index (χ4n) is 1.97. The summed E-state index contributed by atoms with van der Waals surface area (Å²) >= 11 is 7.43. The van der Waals surface area contributed by atoms with Crippen molar-refractivity contribution in [3.05, 3.63) is 51.2 Å². The minimum atomic E-state index is -0.832. The van der Waals surface area contributed by atoms with Crippen molar-refractivity contribution in [3.63, 3.8) is 0 Å². The van der Waals surface area contributed by atoms with E-state index in [4.69, 9.17) is 16.9 Å². The van der Waals surface area contributed by atoms with E-state index in [9.17, 15) is 9.59 Å². The van der Waals surface area contributed by atoms with Gasteiger partial charge in [-0.15, -0.1) is 11.3 Å². The fraction of sp³-hybridized carbons (Fsp3) is 0.188. The van der Waals surface area contributed by atoms with Gasteiger partial charge < -0.3 is 10.6 Å². The number of carbonyl (C=O) groups excluding carboxylic acids is 2. The number of benzene rings is 1. The molecule has 2 amide bonds. The van der Waals surface area contributed by atoms with Gasteiger partial charge in [0.2, 0.25) is 0 Å². The first kappa shape index (κ1) is 17.0. The molecule has 0 aliphatic carbocycles. The van der Waals surface area contributed by atoms with Crippen LogP contribution in [0.25, 0.3) is 0 Å². The smallest absolute Gasteiger partial charge is 0.313 e. The maximum Gasteiger partial charge on any atom is 0.313 e. The lowest BCUT2D eigenvalue weighted by Gasteiger charge is -2.13. The molecule has 2 N–H and O–H groups in total. The molecule has 0 fully saturated rings. The fourth-order valence-corrected chi connectivity index (χ4v) is 2.97. The molecule has 1 heterocycles. The molecule has 1 aromatic heterocycles. The highest BCUT2D eigenvalue weighted by Crippen LogP contribution is 2.20. The van der Waals surface area contributed by atoms with Gasteiger partial charge in [-0.25, -0.2) is 0 Å². The molecule has 7 heteroatoms. The summed E-state index contributed by atoms with van der Waals surface area (Å²) in [6.45, 7) is 1.82. The molecule has 0 spiro atoms. The molecule has 0 bridgehead atoms. The maximum absolute atomic E-state index is 12.0. The minimum absolute atomic E-state index is 0.179. The number of thiophene rings is 1. The summed E-state index contributed by atoms with van der Waals surface area (Å²) in [4.78, 5) is 25.0. The molecular weight excluding hydrogens is 334 g/mol. The first-order valence-corrected chi connectivity index (χ1v) is 8.09. The second-order valence-corrected chi connectivity index (χ2v) is 6.38. The van der Waals surface area contributed by atoms with Crippen LogP contribution in [0.15, 0.2) is 35.7 Å². The SMILES string of the molecule is C[C@H](Cc1cccs1)NC(=O)C(=O)Nc1cc(Cl)ccc1C#N. The van der Waals surface area contributed by atoms with Gasteiger partial charge in [-0.05, 0) is 36.6 Å². The van der Waals surface area contributed by atoms with Gasteiger partial charge in [-0.2, -0.15) is 5.26 Å². The molecule has 0 aliphatic rings. The molecule has 0 radical (unpaired) electrons. The highest BCUT2D eigenvalue weighted by molar-refractivity contribution is 7.09. The molecule has 5 nitrogen and oxygen atoms in total. The van der Waals surface area contributed by atoms with E-state index < -0.39 is 11.8 Å². The van der Waals surface area contributed by atoms with Crippen LogP contribution in [-0.4, -0.2) is 17.9 Å². The number of nitrogens with zero attached hydrogens (tertiary/aromatic N) is 1. The topological polar surface area (TPSA) is 82.0 Å². The highest BCUT2D eigenvalue weighted by Gasteiger charge is 2.18. The Balaban J connectivity index is 1.96. The molecule has 23 heavy (non-hydrogen) atoms. The van der Waals surface area contributed by atoms with Crippen molar-refractivity contribution in [1.82, 2.24) is 5.32 Å². The van der Waals surface area contributed by atoms with Crippen LogP contribution in [0.2, 0.25) is 5.02 Å². The van der Waals surface area contributed by atoms with Crippen molar-refractivity contribution in [1.29, 1.82) is 5.26 Å². The van der Waals surface area contributed by atoms with Gasteiger partial charge in [-0.1, -0.05) is 17.7 Å². The van der Waals surface area contributed by atoms with Crippen molar-refractivity contribution >= 4 is 40.4 Å². The van der Waals surface area contributed by atoms with Crippen molar-refractivity contribution < 1.29 is 9.59 Å². The lowest BCUT2D eigenvalue weighted by molar-refractivity contribution is -0.136. The number of rotatable bonds is 4. The molecule has 1 atom stereocenters. The second kappa shape index (κ2) is 7.77. The largest absolute Gasteiger partial charge is 0.345 e. The molecule has 0 saturated carbocycles. The third kappa shape index (κ3) is 4.81. The van der Waals surface area contributed by atoms with Crippen LogP contribution in [0.1, 0.15) is 17.4 Å². The van der Waals surface area contributed by atoms with Gasteiger partial charge in [0.05, 0.1) is 11.3 Å². The lowest BCUT2D eigenvalue weighted by Crippen LogP contribution is -2.41. The number of hydrogen-bond acceptors (Lipinski definition) is 4. The zero-order valence-corrected chi connectivity index (χ0v) is 13.9. The Kier molecular flexibility index (Phi) is 5.74. The van der Waals surface area contributed by atoms with E-state index in [2.05, 4.69) is 10.6 Å². The average molecular weight is 348 g/mol. The predicted molar refractivity (Wildman–Crippen MR) is 90.4 cm³/mol. The molecule has 2 aromatic rings. The molecule has 1 aromatic carbocycles. The van der Waals surface area contributed by atoms with Crippen molar-refractivity contribution in [2.45, 2.75) is 19.4 Å². The molecular formula is C16H14ClN3O2S. The van der Waals surface area contributed by atoms with Crippen molar-refractivity contribution in [2.75, 3.05) is 5.32 Å². The van der Waals surface area contributed by atoms with Crippen LogP contribution in [0.5, 0.6) is 0 Å². The van der Waals surface area contributed by atoms with Gasteiger partial charge >= 0.3 is 11.8 Å². The Morgan fingerprint density at radius 3 is 2.78 bits per heavy atom. The van der Waals surface area contributed by atoms with Crippen LogP contribution in [-0.2, 0) is 16.0 Å². The number of carbonyl (C=O) groups is 2. The summed E-state index contributed by atoms with van der Waals surface area (Å²) < 4.78 is 0. The number of nitrogens with one attached hydrogen (secondary N) is 2.